The molecule has 23 heavy (non-hydrogen) atoms. The van der Waals surface area contributed by atoms with Crippen molar-refractivity contribution in [3.05, 3.63) is 58.6 Å². The van der Waals surface area contributed by atoms with Crippen LogP contribution in [-0.2, 0) is 9.53 Å². The number of aryl methyl sites for hydroxylation is 1. The molecule has 0 saturated carbocycles. The minimum absolute atomic E-state index is 0.174. The molecule has 5 nitrogen and oxygen atoms in total. The molecule has 0 unspecified atom stereocenters. The van der Waals surface area contributed by atoms with Crippen LogP contribution in [0, 0.1) is 6.92 Å². The quantitative estimate of drug-likeness (QED) is 0.851. The fourth-order valence-electron chi connectivity index (χ4n) is 1.93. The monoisotopic (exact) mass is 333 g/mol. The second-order valence-electron chi connectivity index (χ2n) is 4.82. The van der Waals surface area contributed by atoms with Crippen molar-refractivity contribution in [3.8, 4) is 5.75 Å². The normalized spacial score (nSPS) is 10.0. The van der Waals surface area contributed by atoms with Crippen molar-refractivity contribution in [3.63, 3.8) is 0 Å². The molecular formula is C17H16ClNO4. The molecule has 0 heterocycles. The highest BCUT2D eigenvalue weighted by Gasteiger charge is 2.09. The summed E-state index contributed by atoms with van der Waals surface area (Å²) < 4.78 is 10.0. The van der Waals surface area contributed by atoms with Gasteiger partial charge in [-0.25, -0.2) is 4.79 Å². The van der Waals surface area contributed by atoms with Crippen molar-refractivity contribution in [2.45, 2.75) is 6.92 Å². The average Bonchev–Trinajstić information content (AvgIpc) is 2.55. The first kappa shape index (κ1) is 16.8. The number of anilines is 1. The number of carbonyl (C=O) groups excluding carboxylic acids is 2. The number of esters is 1. The molecule has 0 aromatic heterocycles. The molecule has 0 radical (unpaired) electrons. The standard InChI is InChI=1S/C17H16ClNO4/c1-11-8-13(18)6-7-15(11)19-16(20)10-23-14-5-3-4-12(9-14)17(21)22-2/h3-9H,10H2,1-2H3,(H,19,20). The molecule has 0 aliphatic heterocycles. The Kier molecular flexibility index (Phi) is 5.60. The van der Waals surface area contributed by atoms with Gasteiger partial charge in [-0.15, -0.1) is 0 Å². The van der Waals surface area contributed by atoms with Crippen LogP contribution in [0.2, 0.25) is 5.02 Å². The molecule has 120 valence electrons. The first-order chi connectivity index (χ1) is 11.0. The highest BCUT2D eigenvalue weighted by Crippen LogP contribution is 2.19. The van der Waals surface area contributed by atoms with Crippen LogP contribution in [0.3, 0.4) is 0 Å². The van der Waals surface area contributed by atoms with Gasteiger partial charge in [-0.1, -0.05) is 17.7 Å². The smallest absolute Gasteiger partial charge is 0.337 e. The van der Waals surface area contributed by atoms with Gasteiger partial charge in [0.15, 0.2) is 6.61 Å². The zero-order valence-electron chi connectivity index (χ0n) is 12.8. The summed E-state index contributed by atoms with van der Waals surface area (Å²) in [5.74, 6) is -0.355. The predicted octanol–water partition coefficient (Wildman–Crippen LogP) is 3.45. The molecule has 0 saturated heterocycles. The molecule has 0 fully saturated rings. The summed E-state index contributed by atoms with van der Waals surface area (Å²) in [6.07, 6.45) is 0. The fraction of sp³-hybridized carbons (Fsp3) is 0.176. The van der Waals surface area contributed by atoms with Gasteiger partial charge in [0.2, 0.25) is 0 Å². The number of nitrogens with one attached hydrogen (secondary N) is 1. The summed E-state index contributed by atoms with van der Waals surface area (Å²) in [6, 6.07) is 11.6. The van der Waals surface area contributed by atoms with E-state index in [4.69, 9.17) is 16.3 Å². The number of hydrogen-bond acceptors (Lipinski definition) is 4. The Hall–Kier alpha value is -2.53. The van der Waals surface area contributed by atoms with E-state index in [1.54, 1.807) is 36.4 Å². The highest BCUT2D eigenvalue weighted by molar-refractivity contribution is 6.30. The number of carbonyl (C=O) groups is 2. The Labute approximate surface area is 139 Å². The van der Waals surface area contributed by atoms with Crippen LogP contribution in [0.4, 0.5) is 5.69 Å². The molecule has 1 N–H and O–H groups in total. The number of benzene rings is 2. The summed E-state index contributed by atoms with van der Waals surface area (Å²) in [5.41, 5.74) is 1.89. The molecule has 0 aliphatic carbocycles. The summed E-state index contributed by atoms with van der Waals surface area (Å²) >= 11 is 5.87. The van der Waals surface area contributed by atoms with Gasteiger partial charge >= 0.3 is 5.97 Å². The van der Waals surface area contributed by atoms with E-state index >= 15 is 0 Å². The Morgan fingerprint density at radius 3 is 2.65 bits per heavy atom. The van der Waals surface area contributed by atoms with Gasteiger partial charge < -0.3 is 14.8 Å². The van der Waals surface area contributed by atoms with Gasteiger partial charge in [-0.3, -0.25) is 4.79 Å². The van der Waals surface area contributed by atoms with E-state index in [0.717, 1.165) is 5.56 Å². The fourth-order valence-corrected chi connectivity index (χ4v) is 2.16. The predicted molar refractivity (Wildman–Crippen MR) is 88.1 cm³/mol. The van der Waals surface area contributed by atoms with Crippen molar-refractivity contribution >= 4 is 29.2 Å². The Bertz CT molecular complexity index is 730. The summed E-state index contributed by atoms with van der Waals surface area (Å²) in [6.45, 7) is 1.68. The zero-order chi connectivity index (χ0) is 16.8. The van der Waals surface area contributed by atoms with E-state index in [9.17, 15) is 9.59 Å². The van der Waals surface area contributed by atoms with E-state index in [-0.39, 0.29) is 12.5 Å². The van der Waals surface area contributed by atoms with Crippen molar-refractivity contribution in [1.82, 2.24) is 0 Å². The number of rotatable bonds is 5. The van der Waals surface area contributed by atoms with Crippen molar-refractivity contribution in [2.75, 3.05) is 19.0 Å². The first-order valence-electron chi connectivity index (χ1n) is 6.87. The Morgan fingerprint density at radius 1 is 1.17 bits per heavy atom. The molecule has 2 aromatic carbocycles. The van der Waals surface area contributed by atoms with Gasteiger partial charge in [-0.2, -0.15) is 0 Å². The topological polar surface area (TPSA) is 64.6 Å². The third-order valence-corrected chi connectivity index (χ3v) is 3.32. The van der Waals surface area contributed by atoms with Gasteiger partial charge in [0.05, 0.1) is 12.7 Å². The maximum Gasteiger partial charge on any atom is 0.337 e. The van der Waals surface area contributed by atoms with Gasteiger partial charge in [0.25, 0.3) is 5.91 Å². The first-order valence-corrected chi connectivity index (χ1v) is 7.24. The third-order valence-electron chi connectivity index (χ3n) is 3.09. The molecule has 0 bridgehead atoms. The summed E-state index contributed by atoms with van der Waals surface area (Å²) in [4.78, 5) is 23.4. The Balaban J connectivity index is 1.95. The Morgan fingerprint density at radius 2 is 1.96 bits per heavy atom. The van der Waals surface area contributed by atoms with Crippen LogP contribution in [0.1, 0.15) is 15.9 Å². The second-order valence-corrected chi connectivity index (χ2v) is 5.25. The minimum atomic E-state index is -0.461. The summed E-state index contributed by atoms with van der Waals surface area (Å²) in [7, 11) is 1.30. The molecule has 1 amide bonds. The summed E-state index contributed by atoms with van der Waals surface area (Å²) in [5, 5.41) is 3.35. The molecule has 0 aliphatic rings. The number of amides is 1. The van der Waals surface area contributed by atoms with E-state index < -0.39 is 5.97 Å². The molecule has 0 atom stereocenters. The number of ether oxygens (including phenoxy) is 2. The van der Waals surface area contributed by atoms with Crippen LogP contribution in [0.5, 0.6) is 5.75 Å². The van der Waals surface area contributed by atoms with Gasteiger partial charge in [0.1, 0.15) is 5.75 Å². The largest absolute Gasteiger partial charge is 0.484 e. The van der Waals surface area contributed by atoms with Crippen LogP contribution in [0.15, 0.2) is 42.5 Å². The van der Waals surface area contributed by atoms with Crippen LogP contribution < -0.4 is 10.1 Å². The van der Waals surface area contributed by atoms with Crippen molar-refractivity contribution in [1.29, 1.82) is 0 Å². The van der Waals surface area contributed by atoms with Crippen LogP contribution in [-0.4, -0.2) is 25.6 Å². The number of methoxy groups -OCH3 is 1. The van der Waals surface area contributed by atoms with Crippen LogP contribution in [0.25, 0.3) is 0 Å². The molecule has 0 spiro atoms. The lowest BCUT2D eigenvalue weighted by Crippen LogP contribution is -2.20. The molecule has 2 aromatic rings. The van der Waals surface area contributed by atoms with Gasteiger partial charge in [-0.05, 0) is 48.9 Å². The lowest BCUT2D eigenvalue weighted by molar-refractivity contribution is -0.118. The second kappa shape index (κ2) is 7.65. The van der Waals surface area contributed by atoms with E-state index in [1.807, 2.05) is 6.92 Å². The lowest BCUT2D eigenvalue weighted by Gasteiger charge is -2.10. The number of halogens is 1. The minimum Gasteiger partial charge on any atom is -0.484 e. The average molecular weight is 334 g/mol. The molecular weight excluding hydrogens is 318 g/mol. The van der Waals surface area contributed by atoms with Crippen LogP contribution >= 0.6 is 11.6 Å². The molecule has 6 heteroatoms. The maximum absolute atomic E-state index is 11.9. The lowest BCUT2D eigenvalue weighted by atomic mass is 10.2. The SMILES string of the molecule is COC(=O)c1cccc(OCC(=O)Nc2ccc(Cl)cc2C)c1. The molecule has 2 rings (SSSR count). The maximum atomic E-state index is 11.9. The van der Waals surface area contributed by atoms with Crippen molar-refractivity contribution < 1.29 is 19.1 Å². The zero-order valence-corrected chi connectivity index (χ0v) is 13.5. The highest BCUT2D eigenvalue weighted by atomic mass is 35.5. The van der Waals surface area contributed by atoms with E-state index in [1.165, 1.54) is 13.2 Å². The number of hydrogen-bond donors (Lipinski definition) is 1. The van der Waals surface area contributed by atoms with Crippen molar-refractivity contribution in [2.24, 2.45) is 0 Å². The van der Waals surface area contributed by atoms with E-state index in [0.29, 0.717) is 22.0 Å². The third kappa shape index (κ3) is 4.72. The van der Waals surface area contributed by atoms with E-state index in [2.05, 4.69) is 10.1 Å². The van der Waals surface area contributed by atoms with Gasteiger partial charge in [0, 0.05) is 10.7 Å².